The molecule has 3 rings (SSSR count). The Morgan fingerprint density at radius 3 is 2.41 bits per heavy atom. The Kier molecular flexibility index (Phi) is 6.59. The van der Waals surface area contributed by atoms with Gasteiger partial charge < -0.3 is 9.64 Å². The van der Waals surface area contributed by atoms with E-state index >= 15 is 0 Å². The third-order valence-corrected chi connectivity index (χ3v) is 4.54. The molecule has 0 radical (unpaired) electrons. The first-order valence-corrected chi connectivity index (χ1v) is 9.61. The largest absolute Gasteiger partial charge is 0.494 e. The molecule has 0 aliphatic heterocycles. The van der Waals surface area contributed by atoms with Crippen molar-refractivity contribution < 1.29 is 13.9 Å². The van der Waals surface area contributed by atoms with Gasteiger partial charge in [0.05, 0.1) is 18.8 Å². The molecule has 0 unspecified atom stereocenters. The maximum atomic E-state index is 13.3. The van der Waals surface area contributed by atoms with Gasteiger partial charge in [-0.3, -0.25) is 9.89 Å². The van der Waals surface area contributed by atoms with Crippen LogP contribution in [0.5, 0.6) is 5.75 Å². The van der Waals surface area contributed by atoms with Crippen LogP contribution in [0, 0.1) is 18.7 Å². The van der Waals surface area contributed by atoms with Crippen molar-refractivity contribution >= 4 is 11.6 Å². The van der Waals surface area contributed by atoms with Crippen LogP contribution in [0.25, 0.3) is 0 Å². The summed E-state index contributed by atoms with van der Waals surface area (Å²) in [6.45, 7) is 6.97. The lowest BCUT2D eigenvalue weighted by Gasteiger charge is -2.23. The highest BCUT2D eigenvalue weighted by molar-refractivity contribution is 6.05. The van der Waals surface area contributed by atoms with E-state index in [2.05, 4.69) is 29.3 Å². The minimum Gasteiger partial charge on any atom is -0.494 e. The number of hydrogen-bond donors (Lipinski definition) is 1. The van der Waals surface area contributed by atoms with E-state index in [1.165, 1.54) is 12.1 Å². The summed E-state index contributed by atoms with van der Waals surface area (Å²) in [7, 11) is 0. The molecule has 1 N–H and O–H groups in total. The highest BCUT2D eigenvalue weighted by atomic mass is 19.1. The van der Waals surface area contributed by atoms with Crippen molar-refractivity contribution in [1.82, 2.24) is 15.4 Å². The number of benzene rings is 2. The molecule has 0 spiro atoms. The molecule has 1 aromatic heterocycles. The van der Waals surface area contributed by atoms with Crippen LogP contribution in [0.1, 0.15) is 42.0 Å². The second kappa shape index (κ2) is 9.32. The predicted molar refractivity (Wildman–Crippen MR) is 109 cm³/mol. The summed E-state index contributed by atoms with van der Waals surface area (Å²) in [5, 5.41) is 10.3. The fourth-order valence-electron chi connectivity index (χ4n) is 2.80. The Morgan fingerprint density at radius 2 is 1.83 bits per heavy atom. The van der Waals surface area contributed by atoms with E-state index in [0.29, 0.717) is 23.9 Å². The molecule has 0 aliphatic rings. The van der Waals surface area contributed by atoms with Gasteiger partial charge in [0, 0.05) is 5.69 Å². The Bertz CT molecular complexity index is 936. The zero-order chi connectivity index (χ0) is 20.8. The minimum atomic E-state index is -0.318. The zero-order valence-corrected chi connectivity index (χ0v) is 16.9. The maximum Gasteiger partial charge on any atom is 0.281 e. The minimum absolute atomic E-state index is 0.254. The molecule has 1 amide bonds. The molecule has 152 valence electrons. The summed E-state index contributed by atoms with van der Waals surface area (Å²) in [4.78, 5) is 14.7. The lowest BCUT2D eigenvalue weighted by Crippen LogP contribution is -2.31. The number of carbonyl (C=O) groups is 1. The molecule has 0 bridgehead atoms. The zero-order valence-electron chi connectivity index (χ0n) is 16.9. The van der Waals surface area contributed by atoms with Gasteiger partial charge in [-0.1, -0.05) is 31.2 Å². The molecule has 29 heavy (non-hydrogen) atoms. The monoisotopic (exact) mass is 396 g/mol. The summed E-state index contributed by atoms with van der Waals surface area (Å²) in [6.07, 6.45) is 0.975. The van der Waals surface area contributed by atoms with Gasteiger partial charge in [-0.2, -0.15) is 0 Å². The quantitative estimate of drug-likeness (QED) is 0.607. The number of aryl methyl sites for hydroxylation is 1. The molecule has 0 fully saturated rings. The van der Waals surface area contributed by atoms with Gasteiger partial charge in [0.1, 0.15) is 11.6 Å². The standard InChI is InChI=1S/C22H25FN4O2/c1-15(2)12-13-29-20-10-8-19(9-11-20)27(14-17-4-6-18(23)7-5-17)22(28)21-16(3)24-26-25-21/h4-11,15H,12-14H2,1-3H3,(H,24,25,26). The van der Waals surface area contributed by atoms with Crippen molar-refractivity contribution in [2.24, 2.45) is 5.92 Å². The number of aromatic nitrogens is 3. The van der Waals surface area contributed by atoms with Crippen LogP contribution < -0.4 is 9.64 Å². The normalized spacial score (nSPS) is 10.9. The van der Waals surface area contributed by atoms with Crippen LogP contribution in [0.3, 0.4) is 0 Å². The number of halogens is 1. The number of ether oxygens (including phenoxy) is 1. The topological polar surface area (TPSA) is 71.1 Å². The molecular weight excluding hydrogens is 371 g/mol. The molecule has 3 aromatic rings. The number of carbonyl (C=O) groups excluding carboxylic acids is 1. The average molecular weight is 396 g/mol. The van der Waals surface area contributed by atoms with Gasteiger partial charge in [-0.25, -0.2) is 4.39 Å². The van der Waals surface area contributed by atoms with Crippen LogP contribution in [0.2, 0.25) is 0 Å². The number of anilines is 1. The first kappa shape index (κ1) is 20.5. The summed E-state index contributed by atoms with van der Waals surface area (Å²) in [6, 6.07) is 13.4. The summed E-state index contributed by atoms with van der Waals surface area (Å²) in [5.41, 5.74) is 2.34. The molecule has 0 saturated heterocycles. The summed E-state index contributed by atoms with van der Waals surface area (Å²) < 4.78 is 19.0. The second-order valence-corrected chi connectivity index (χ2v) is 7.33. The number of nitrogens with one attached hydrogen (secondary N) is 1. The van der Waals surface area contributed by atoms with Gasteiger partial charge in [0.15, 0.2) is 5.69 Å². The number of aromatic amines is 1. The van der Waals surface area contributed by atoms with Crippen LogP contribution in [-0.2, 0) is 6.54 Å². The smallest absolute Gasteiger partial charge is 0.281 e. The number of nitrogens with zero attached hydrogens (tertiary/aromatic N) is 3. The van der Waals surface area contributed by atoms with Crippen molar-refractivity contribution in [1.29, 1.82) is 0 Å². The molecule has 0 atom stereocenters. The second-order valence-electron chi connectivity index (χ2n) is 7.33. The van der Waals surface area contributed by atoms with Gasteiger partial charge in [-0.15, -0.1) is 5.10 Å². The number of amides is 1. The Hall–Kier alpha value is -3.22. The molecule has 7 heteroatoms. The number of H-pyrrole nitrogens is 1. The summed E-state index contributed by atoms with van der Waals surface area (Å²) in [5.74, 6) is 0.723. The van der Waals surface area contributed by atoms with Crippen LogP contribution >= 0.6 is 0 Å². The molecule has 0 aliphatic carbocycles. The van der Waals surface area contributed by atoms with E-state index in [1.54, 1.807) is 24.0 Å². The molecule has 1 heterocycles. The Balaban J connectivity index is 1.83. The van der Waals surface area contributed by atoms with Crippen molar-refractivity contribution in [2.75, 3.05) is 11.5 Å². The van der Waals surface area contributed by atoms with Crippen LogP contribution in [0.15, 0.2) is 48.5 Å². The lowest BCUT2D eigenvalue weighted by molar-refractivity contribution is 0.0979. The van der Waals surface area contributed by atoms with E-state index in [0.717, 1.165) is 17.7 Å². The van der Waals surface area contributed by atoms with Crippen LogP contribution in [-0.4, -0.2) is 27.9 Å². The van der Waals surface area contributed by atoms with Gasteiger partial charge in [-0.05, 0) is 61.2 Å². The average Bonchev–Trinajstić information content (AvgIpc) is 3.13. The first-order valence-electron chi connectivity index (χ1n) is 9.61. The van der Waals surface area contributed by atoms with Gasteiger partial charge in [0.25, 0.3) is 5.91 Å². The molecular formula is C22H25FN4O2. The van der Waals surface area contributed by atoms with Crippen molar-refractivity contribution in [3.63, 3.8) is 0 Å². The molecule has 2 aromatic carbocycles. The molecule has 0 saturated carbocycles. The highest BCUT2D eigenvalue weighted by Gasteiger charge is 2.23. The maximum absolute atomic E-state index is 13.3. The lowest BCUT2D eigenvalue weighted by atomic mass is 10.1. The van der Waals surface area contributed by atoms with Crippen molar-refractivity contribution in [3.05, 3.63) is 71.3 Å². The Morgan fingerprint density at radius 1 is 1.14 bits per heavy atom. The van der Waals surface area contributed by atoms with E-state index < -0.39 is 0 Å². The summed E-state index contributed by atoms with van der Waals surface area (Å²) >= 11 is 0. The third-order valence-electron chi connectivity index (χ3n) is 4.54. The molecule has 6 nitrogen and oxygen atoms in total. The fourth-order valence-corrected chi connectivity index (χ4v) is 2.80. The van der Waals surface area contributed by atoms with E-state index in [-0.39, 0.29) is 24.0 Å². The van der Waals surface area contributed by atoms with E-state index in [1.807, 2.05) is 24.3 Å². The SMILES string of the molecule is Cc1[nH]nnc1C(=O)N(Cc1ccc(F)cc1)c1ccc(OCCC(C)C)cc1. The number of rotatable bonds is 8. The van der Waals surface area contributed by atoms with Crippen molar-refractivity contribution in [2.45, 2.75) is 33.7 Å². The fraction of sp³-hybridized carbons (Fsp3) is 0.318. The van der Waals surface area contributed by atoms with Gasteiger partial charge >= 0.3 is 0 Å². The first-order chi connectivity index (χ1) is 13.9. The predicted octanol–water partition coefficient (Wildman–Crippen LogP) is 4.52. The Labute approximate surface area is 169 Å². The third kappa shape index (κ3) is 5.40. The van der Waals surface area contributed by atoms with E-state index in [9.17, 15) is 9.18 Å². The van der Waals surface area contributed by atoms with Crippen molar-refractivity contribution in [3.8, 4) is 5.75 Å². The van der Waals surface area contributed by atoms with E-state index in [4.69, 9.17) is 4.74 Å². The van der Waals surface area contributed by atoms with Crippen LogP contribution in [0.4, 0.5) is 10.1 Å². The van der Waals surface area contributed by atoms with Gasteiger partial charge in [0.2, 0.25) is 0 Å². The highest BCUT2D eigenvalue weighted by Crippen LogP contribution is 2.24. The number of hydrogen-bond acceptors (Lipinski definition) is 4.